The van der Waals surface area contributed by atoms with Gasteiger partial charge < -0.3 is 15.2 Å². The van der Waals surface area contributed by atoms with Crippen molar-refractivity contribution in [1.82, 2.24) is 0 Å². The van der Waals surface area contributed by atoms with Crippen LogP contribution in [-0.4, -0.2) is 31.0 Å². The second-order valence-electron chi connectivity index (χ2n) is 4.95. The quantitative estimate of drug-likeness (QED) is 0.812. The minimum atomic E-state index is -0.490. The zero-order valence-electron chi connectivity index (χ0n) is 11.2. The monoisotopic (exact) mass is 315 g/mol. The molecule has 0 radical (unpaired) electrons. The maximum absolute atomic E-state index is 9.78. The van der Waals surface area contributed by atoms with Crippen molar-refractivity contribution in [3.63, 3.8) is 0 Å². The topological polar surface area (TPSA) is 41.5 Å². The molecular weight excluding hydrogens is 294 g/mol. The third kappa shape index (κ3) is 5.85. The summed E-state index contributed by atoms with van der Waals surface area (Å²) in [6.07, 6.45) is -0.490. The van der Waals surface area contributed by atoms with Gasteiger partial charge in [0.2, 0.25) is 0 Å². The van der Waals surface area contributed by atoms with Crippen LogP contribution in [0, 0.1) is 12.8 Å². The zero-order valence-corrected chi connectivity index (χ0v) is 12.8. The molecule has 0 aliphatic carbocycles. The zero-order chi connectivity index (χ0) is 13.5. The molecule has 0 fully saturated rings. The molecule has 3 nitrogen and oxygen atoms in total. The van der Waals surface area contributed by atoms with Gasteiger partial charge in [-0.25, -0.2) is 0 Å². The summed E-state index contributed by atoms with van der Waals surface area (Å²) >= 11 is 3.48. The molecule has 1 aromatic rings. The lowest BCUT2D eigenvalue weighted by Gasteiger charge is -2.15. The maximum atomic E-state index is 9.78. The molecule has 1 atom stereocenters. The molecule has 0 aromatic heterocycles. The van der Waals surface area contributed by atoms with Gasteiger partial charge in [0.05, 0.1) is 12.7 Å². The van der Waals surface area contributed by atoms with E-state index in [4.69, 9.17) is 4.74 Å². The van der Waals surface area contributed by atoms with Crippen LogP contribution < -0.4 is 5.32 Å². The van der Waals surface area contributed by atoms with E-state index in [-0.39, 0.29) is 0 Å². The number of aliphatic hydroxyl groups excluding tert-OH is 1. The van der Waals surface area contributed by atoms with Crippen LogP contribution in [0.15, 0.2) is 22.7 Å². The molecule has 1 aromatic carbocycles. The van der Waals surface area contributed by atoms with E-state index in [1.807, 2.05) is 25.1 Å². The van der Waals surface area contributed by atoms with E-state index in [1.54, 1.807) is 0 Å². The fourth-order valence-corrected chi connectivity index (χ4v) is 1.89. The molecule has 2 N–H and O–H groups in total. The Morgan fingerprint density at radius 1 is 1.33 bits per heavy atom. The van der Waals surface area contributed by atoms with Crippen molar-refractivity contribution in [3.05, 3.63) is 28.2 Å². The number of nitrogens with one attached hydrogen (secondary N) is 1. The first kappa shape index (κ1) is 15.5. The number of aryl methyl sites for hydroxylation is 1. The van der Waals surface area contributed by atoms with Crippen molar-refractivity contribution in [2.24, 2.45) is 5.92 Å². The van der Waals surface area contributed by atoms with Crippen LogP contribution >= 0.6 is 15.9 Å². The second-order valence-corrected chi connectivity index (χ2v) is 5.80. The number of hydrogen-bond donors (Lipinski definition) is 2. The van der Waals surface area contributed by atoms with Crippen LogP contribution in [0.3, 0.4) is 0 Å². The van der Waals surface area contributed by atoms with Gasteiger partial charge in [-0.1, -0.05) is 19.9 Å². The Morgan fingerprint density at radius 3 is 2.72 bits per heavy atom. The van der Waals surface area contributed by atoms with Gasteiger partial charge in [-0.15, -0.1) is 0 Å². The summed E-state index contributed by atoms with van der Waals surface area (Å²) in [7, 11) is 0. The van der Waals surface area contributed by atoms with Crippen LogP contribution in [0.2, 0.25) is 0 Å². The number of aliphatic hydroxyl groups is 1. The lowest BCUT2D eigenvalue weighted by molar-refractivity contribution is 0.0318. The Kier molecular flexibility index (Phi) is 6.68. The Balaban J connectivity index is 2.33. The summed E-state index contributed by atoms with van der Waals surface area (Å²) in [6.45, 7) is 7.77. The molecule has 18 heavy (non-hydrogen) atoms. The van der Waals surface area contributed by atoms with Gasteiger partial charge in [0.25, 0.3) is 0 Å². The van der Waals surface area contributed by atoms with Crippen LogP contribution in [0.25, 0.3) is 0 Å². The summed E-state index contributed by atoms with van der Waals surface area (Å²) in [5.41, 5.74) is 2.18. The Bertz CT molecular complexity index is 369. The van der Waals surface area contributed by atoms with Crippen molar-refractivity contribution in [1.29, 1.82) is 0 Å². The highest BCUT2D eigenvalue weighted by atomic mass is 79.9. The molecule has 0 aliphatic rings. The first-order valence-electron chi connectivity index (χ1n) is 6.25. The molecule has 0 amide bonds. The minimum absolute atomic E-state index is 0.370. The summed E-state index contributed by atoms with van der Waals surface area (Å²) in [6, 6.07) is 6.09. The maximum Gasteiger partial charge on any atom is 0.0945 e. The lowest BCUT2D eigenvalue weighted by atomic mass is 10.2. The predicted octanol–water partition coefficient (Wildman–Crippen LogP) is 3.20. The van der Waals surface area contributed by atoms with E-state index >= 15 is 0 Å². The summed E-state index contributed by atoms with van der Waals surface area (Å²) in [5, 5.41) is 13.0. The number of benzene rings is 1. The van der Waals surface area contributed by atoms with E-state index in [2.05, 4.69) is 35.1 Å². The number of anilines is 1. The molecule has 0 aliphatic heterocycles. The molecule has 0 saturated carbocycles. The van der Waals surface area contributed by atoms with Crippen LogP contribution in [0.5, 0.6) is 0 Å². The number of ether oxygens (including phenoxy) is 1. The highest BCUT2D eigenvalue weighted by Crippen LogP contribution is 2.23. The van der Waals surface area contributed by atoms with Gasteiger partial charge in [0.1, 0.15) is 0 Å². The normalized spacial score (nSPS) is 12.8. The average Bonchev–Trinajstić information content (AvgIpc) is 2.30. The Labute approximate surface area is 118 Å². The standard InChI is InChI=1S/C14H22BrNO2/c1-10(2)8-18-9-12(17)7-16-14-6-11(3)4-5-13(14)15/h4-6,10,12,16-17H,7-9H2,1-3H3. The molecule has 0 saturated heterocycles. The van der Waals surface area contributed by atoms with Crippen molar-refractivity contribution >= 4 is 21.6 Å². The predicted molar refractivity (Wildman–Crippen MR) is 79.0 cm³/mol. The highest BCUT2D eigenvalue weighted by molar-refractivity contribution is 9.10. The van der Waals surface area contributed by atoms with Gasteiger partial charge in [-0.2, -0.15) is 0 Å². The van der Waals surface area contributed by atoms with Crippen LogP contribution in [0.1, 0.15) is 19.4 Å². The van der Waals surface area contributed by atoms with E-state index in [0.29, 0.717) is 25.7 Å². The molecular formula is C14H22BrNO2. The molecule has 1 unspecified atom stereocenters. The fourth-order valence-electron chi connectivity index (χ4n) is 1.50. The molecule has 102 valence electrons. The summed E-state index contributed by atoms with van der Waals surface area (Å²) < 4.78 is 6.40. The third-order valence-electron chi connectivity index (χ3n) is 2.41. The SMILES string of the molecule is Cc1ccc(Br)c(NCC(O)COCC(C)C)c1. The smallest absolute Gasteiger partial charge is 0.0945 e. The Hall–Kier alpha value is -0.580. The summed E-state index contributed by atoms with van der Waals surface area (Å²) in [5.74, 6) is 0.496. The average molecular weight is 316 g/mol. The molecule has 0 spiro atoms. The van der Waals surface area contributed by atoms with Gasteiger partial charge in [0, 0.05) is 23.3 Å². The van der Waals surface area contributed by atoms with E-state index in [0.717, 1.165) is 10.2 Å². The van der Waals surface area contributed by atoms with Gasteiger partial charge in [-0.05, 0) is 46.5 Å². The molecule has 0 heterocycles. The number of halogens is 1. The van der Waals surface area contributed by atoms with E-state index in [9.17, 15) is 5.11 Å². The first-order chi connectivity index (χ1) is 8.49. The second kappa shape index (κ2) is 7.77. The number of rotatable bonds is 7. The van der Waals surface area contributed by atoms with Crippen LogP contribution in [0.4, 0.5) is 5.69 Å². The van der Waals surface area contributed by atoms with E-state index < -0.39 is 6.10 Å². The minimum Gasteiger partial charge on any atom is -0.389 e. The highest BCUT2D eigenvalue weighted by Gasteiger charge is 2.06. The van der Waals surface area contributed by atoms with E-state index in [1.165, 1.54) is 5.56 Å². The number of hydrogen-bond acceptors (Lipinski definition) is 3. The Morgan fingerprint density at radius 2 is 2.06 bits per heavy atom. The van der Waals surface area contributed by atoms with Gasteiger partial charge >= 0.3 is 0 Å². The van der Waals surface area contributed by atoms with Crippen molar-refractivity contribution in [2.75, 3.05) is 25.1 Å². The first-order valence-corrected chi connectivity index (χ1v) is 7.04. The summed E-state index contributed by atoms with van der Waals surface area (Å²) in [4.78, 5) is 0. The lowest BCUT2D eigenvalue weighted by Crippen LogP contribution is -2.25. The third-order valence-corrected chi connectivity index (χ3v) is 3.10. The molecule has 0 bridgehead atoms. The largest absolute Gasteiger partial charge is 0.389 e. The van der Waals surface area contributed by atoms with Gasteiger partial charge in [0.15, 0.2) is 0 Å². The molecule has 4 heteroatoms. The van der Waals surface area contributed by atoms with Crippen molar-refractivity contribution in [3.8, 4) is 0 Å². The van der Waals surface area contributed by atoms with Crippen molar-refractivity contribution < 1.29 is 9.84 Å². The fraction of sp³-hybridized carbons (Fsp3) is 0.571. The van der Waals surface area contributed by atoms with Gasteiger partial charge in [-0.3, -0.25) is 0 Å². The van der Waals surface area contributed by atoms with Crippen molar-refractivity contribution in [2.45, 2.75) is 26.9 Å². The van der Waals surface area contributed by atoms with Crippen LogP contribution in [-0.2, 0) is 4.74 Å². The molecule has 1 rings (SSSR count).